The first-order valence-electron chi connectivity index (χ1n) is 9.12. The number of hydrogen-bond acceptors (Lipinski definition) is 4. The van der Waals surface area contributed by atoms with Gasteiger partial charge in [-0.1, -0.05) is 50.0 Å². The van der Waals surface area contributed by atoms with Gasteiger partial charge in [0.25, 0.3) is 0 Å². The molecule has 0 aliphatic carbocycles. The smallest absolute Gasteiger partial charge is 0.214 e. The van der Waals surface area contributed by atoms with E-state index in [1.54, 1.807) is 4.31 Å². The number of ether oxygens (including phenoxy) is 1. The van der Waals surface area contributed by atoms with Crippen LogP contribution in [0.4, 0.5) is 0 Å². The molecule has 0 N–H and O–H groups in total. The van der Waals surface area contributed by atoms with Gasteiger partial charge in [0.2, 0.25) is 10.0 Å². The Labute approximate surface area is 153 Å². The topological polar surface area (TPSA) is 49.9 Å². The second-order valence-corrected chi connectivity index (χ2v) is 16.1. The van der Waals surface area contributed by atoms with Crippen molar-refractivity contribution in [3.05, 3.63) is 35.9 Å². The molecule has 3 rings (SSSR count). The molecule has 0 bridgehead atoms. The molecule has 0 aromatic heterocycles. The highest BCUT2D eigenvalue weighted by Crippen LogP contribution is 2.27. The van der Waals surface area contributed by atoms with Gasteiger partial charge >= 0.3 is 0 Å². The lowest BCUT2D eigenvalue weighted by Crippen LogP contribution is -2.54. The van der Waals surface area contributed by atoms with Crippen LogP contribution in [0, 0.1) is 0 Å². The zero-order valence-corrected chi connectivity index (χ0v) is 17.3. The van der Waals surface area contributed by atoms with Gasteiger partial charge in [-0.15, -0.1) is 0 Å². The van der Waals surface area contributed by atoms with Gasteiger partial charge in [-0.2, -0.15) is 4.31 Å². The number of hydrogen-bond donors (Lipinski definition) is 0. The Balaban J connectivity index is 1.67. The first-order valence-corrected chi connectivity index (χ1v) is 14.4. The van der Waals surface area contributed by atoms with E-state index in [0.29, 0.717) is 13.2 Å². The molecule has 2 heterocycles. The van der Waals surface area contributed by atoms with E-state index in [2.05, 4.69) is 36.7 Å². The Morgan fingerprint density at radius 1 is 1.16 bits per heavy atom. The van der Waals surface area contributed by atoms with Gasteiger partial charge in [0.1, 0.15) is 0 Å². The third kappa shape index (κ3) is 4.92. The van der Waals surface area contributed by atoms with Crippen LogP contribution in [0.15, 0.2) is 30.3 Å². The molecule has 0 radical (unpaired) electrons. The van der Waals surface area contributed by atoms with Crippen molar-refractivity contribution in [2.24, 2.45) is 0 Å². The maximum absolute atomic E-state index is 12.9. The molecule has 2 atom stereocenters. The van der Waals surface area contributed by atoms with Crippen molar-refractivity contribution >= 4 is 18.1 Å². The van der Waals surface area contributed by atoms with Crippen LogP contribution < -0.4 is 0 Å². The zero-order valence-electron chi connectivity index (χ0n) is 15.5. The summed E-state index contributed by atoms with van der Waals surface area (Å²) in [4.78, 5) is 2.32. The molecule has 140 valence electrons. The van der Waals surface area contributed by atoms with Crippen LogP contribution in [-0.4, -0.2) is 69.8 Å². The van der Waals surface area contributed by atoms with E-state index < -0.39 is 18.1 Å². The van der Waals surface area contributed by atoms with E-state index in [9.17, 15) is 8.42 Å². The van der Waals surface area contributed by atoms with E-state index in [0.717, 1.165) is 25.7 Å². The Hall–Kier alpha value is -0.733. The van der Waals surface area contributed by atoms with Crippen molar-refractivity contribution < 1.29 is 13.2 Å². The highest BCUT2D eigenvalue weighted by molar-refractivity contribution is 7.89. The predicted molar refractivity (Wildman–Crippen MR) is 104 cm³/mol. The van der Waals surface area contributed by atoms with Crippen molar-refractivity contribution in [1.29, 1.82) is 0 Å². The maximum Gasteiger partial charge on any atom is 0.214 e. The standard InChI is InChI=1S/C18H30N2O3SSi/c1-25(2,3)12-11-24(21,22)20-9-10-23-18-15-19(14-17(18)20)13-16-7-5-4-6-8-16/h4-8,17-18H,9-15H2,1-3H3/t17-,18+/m0/s1. The number of sulfonamides is 1. The maximum atomic E-state index is 12.9. The highest BCUT2D eigenvalue weighted by Gasteiger charge is 2.44. The lowest BCUT2D eigenvalue weighted by Gasteiger charge is -2.36. The molecule has 2 aliphatic heterocycles. The number of fused-ring (bicyclic) bond motifs is 1. The molecule has 25 heavy (non-hydrogen) atoms. The Bertz CT molecular complexity index is 675. The molecule has 2 saturated heterocycles. The van der Waals surface area contributed by atoms with Crippen LogP contribution in [0.25, 0.3) is 0 Å². The van der Waals surface area contributed by atoms with E-state index in [1.165, 1.54) is 5.56 Å². The van der Waals surface area contributed by atoms with Gasteiger partial charge in [-0.3, -0.25) is 4.90 Å². The number of benzene rings is 1. The fraction of sp³-hybridized carbons (Fsp3) is 0.667. The Morgan fingerprint density at radius 3 is 2.56 bits per heavy atom. The SMILES string of the molecule is C[Si](C)(C)CCS(=O)(=O)N1CCO[C@@H]2CN(Cc3ccccc3)C[C@@H]21. The molecular weight excluding hydrogens is 352 g/mol. The second kappa shape index (κ2) is 7.48. The van der Waals surface area contributed by atoms with Crippen LogP contribution in [0.2, 0.25) is 25.7 Å². The van der Waals surface area contributed by atoms with Gasteiger partial charge in [0.05, 0.1) is 24.5 Å². The normalized spacial score (nSPS) is 25.9. The van der Waals surface area contributed by atoms with Crippen molar-refractivity contribution in [2.75, 3.05) is 32.0 Å². The molecule has 1 aromatic carbocycles. The minimum absolute atomic E-state index is 0.000816. The minimum Gasteiger partial charge on any atom is -0.374 e. The van der Waals surface area contributed by atoms with Crippen LogP contribution >= 0.6 is 0 Å². The fourth-order valence-corrected chi connectivity index (χ4v) is 8.28. The molecule has 0 saturated carbocycles. The predicted octanol–water partition coefficient (Wildman–Crippen LogP) is 2.24. The summed E-state index contributed by atoms with van der Waals surface area (Å²) in [5.74, 6) is 0.282. The minimum atomic E-state index is -3.21. The lowest BCUT2D eigenvalue weighted by atomic mass is 10.2. The van der Waals surface area contributed by atoms with E-state index >= 15 is 0 Å². The van der Waals surface area contributed by atoms with Gasteiger partial charge in [-0.25, -0.2) is 8.42 Å². The molecule has 0 spiro atoms. The highest BCUT2D eigenvalue weighted by atomic mass is 32.2. The summed E-state index contributed by atoms with van der Waals surface area (Å²) in [7, 11) is -4.58. The third-order valence-electron chi connectivity index (χ3n) is 5.04. The number of nitrogens with zero attached hydrogens (tertiary/aromatic N) is 2. The van der Waals surface area contributed by atoms with Crippen LogP contribution in [0.5, 0.6) is 0 Å². The third-order valence-corrected chi connectivity index (χ3v) is 9.04. The first-order chi connectivity index (χ1) is 11.7. The average Bonchev–Trinajstić information content (AvgIpc) is 2.95. The van der Waals surface area contributed by atoms with E-state index in [4.69, 9.17) is 4.74 Å². The lowest BCUT2D eigenvalue weighted by molar-refractivity contribution is -0.0161. The second-order valence-electron chi connectivity index (χ2n) is 8.39. The van der Waals surface area contributed by atoms with Gasteiger partial charge in [-0.05, 0) is 11.6 Å². The summed E-state index contributed by atoms with van der Waals surface area (Å²) in [6.45, 7) is 10.1. The molecule has 2 fully saturated rings. The molecule has 1 aromatic rings. The quantitative estimate of drug-likeness (QED) is 0.708. The molecule has 0 amide bonds. The summed E-state index contributed by atoms with van der Waals surface area (Å²) in [5.41, 5.74) is 1.26. The van der Waals surface area contributed by atoms with E-state index in [1.807, 2.05) is 18.2 Å². The summed E-state index contributed by atoms with van der Waals surface area (Å²) in [6.07, 6.45) is -0.000816. The van der Waals surface area contributed by atoms with Gasteiger partial charge in [0.15, 0.2) is 0 Å². The van der Waals surface area contributed by atoms with Crippen molar-refractivity contribution in [3.63, 3.8) is 0 Å². The van der Waals surface area contributed by atoms with Crippen molar-refractivity contribution in [1.82, 2.24) is 9.21 Å². The number of rotatable bonds is 6. The Kier molecular flexibility index (Phi) is 5.70. The monoisotopic (exact) mass is 382 g/mol. The van der Waals surface area contributed by atoms with E-state index in [-0.39, 0.29) is 17.9 Å². The first kappa shape index (κ1) is 19.0. The van der Waals surface area contributed by atoms with Crippen molar-refractivity contribution in [3.8, 4) is 0 Å². The summed E-state index contributed by atoms with van der Waals surface area (Å²) in [6, 6.07) is 11.1. The van der Waals surface area contributed by atoms with Gasteiger partial charge < -0.3 is 4.74 Å². The van der Waals surface area contributed by atoms with Crippen LogP contribution in [0.3, 0.4) is 0 Å². The Morgan fingerprint density at radius 2 is 1.88 bits per heavy atom. The summed E-state index contributed by atoms with van der Waals surface area (Å²) < 4.78 is 33.5. The zero-order chi connectivity index (χ0) is 18.1. The summed E-state index contributed by atoms with van der Waals surface area (Å²) in [5, 5.41) is 0. The molecule has 5 nitrogen and oxygen atoms in total. The summed E-state index contributed by atoms with van der Waals surface area (Å²) >= 11 is 0. The largest absolute Gasteiger partial charge is 0.374 e. The number of morpholine rings is 1. The van der Waals surface area contributed by atoms with Crippen molar-refractivity contribution in [2.45, 2.75) is 44.4 Å². The average molecular weight is 383 g/mol. The van der Waals surface area contributed by atoms with Crippen LogP contribution in [-0.2, 0) is 21.3 Å². The molecule has 7 heteroatoms. The van der Waals surface area contributed by atoms with Crippen LogP contribution in [0.1, 0.15) is 5.56 Å². The molecule has 2 aliphatic rings. The molecular formula is C18H30N2O3SSi. The number of likely N-dealkylation sites (tertiary alicyclic amines) is 1. The molecule has 0 unspecified atom stereocenters. The fourth-order valence-electron chi connectivity index (χ4n) is 3.60. The van der Waals surface area contributed by atoms with Gasteiger partial charge in [0, 0.05) is 34.3 Å².